The van der Waals surface area contributed by atoms with Crippen LogP contribution < -0.4 is 0 Å². The highest BCUT2D eigenvalue weighted by atomic mass is 35.5. The summed E-state index contributed by atoms with van der Waals surface area (Å²) in [7, 11) is 0. The molecule has 1 unspecified atom stereocenters. The van der Waals surface area contributed by atoms with Gasteiger partial charge in [-0.2, -0.15) is 11.8 Å². The number of rotatable bonds is 6. The van der Waals surface area contributed by atoms with Crippen molar-refractivity contribution in [2.75, 3.05) is 12.4 Å². The van der Waals surface area contributed by atoms with Gasteiger partial charge in [-0.1, -0.05) is 18.5 Å². The van der Waals surface area contributed by atoms with Crippen LogP contribution in [0.5, 0.6) is 0 Å². The van der Waals surface area contributed by atoms with Crippen molar-refractivity contribution in [2.45, 2.75) is 12.7 Å². The lowest BCUT2D eigenvalue weighted by Gasteiger charge is -2.04. The number of hydrogen-bond acceptors (Lipinski definition) is 4. The summed E-state index contributed by atoms with van der Waals surface area (Å²) in [5, 5.41) is 9.65. The van der Waals surface area contributed by atoms with Crippen molar-refractivity contribution in [3.63, 3.8) is 0 Å². The van der Waals surface area contributed by atoms with Crippen molar-refractivity contribution >= 4 is 23.4 Å². The summed E-state index contributed by atoms with van der Waals surface area (Å²) in [5.74, 6) is 3.38. The molecule has 19 heavy (non-hydrogen) atoms. The molecular weight excluding hydrogens is 282 g/mol. The molecule has 1 aromatic carbocycles. The van der Waals surface area contributed by atoms with Gasteiger partial charge in [-0.15, -0.1) is 0 Å². The lowest BCUT2D eigenvalue weighted by molar-refractivity contribution is 0.250. The maximum atomic E-state index is 8.94. The molecule has 1 aromatic heterocycles. The highest BCUT2D eigenvalue weighted by Crippen LogP contribution is 2.24. The first-order chi connectivity index (χ1) is 9.19. The number of nitrogens with zero attached hydrogens (tertiary/aromatic N) is 1. The van der Waals surface area contributed by atoms with Crippen molar-refractivity contribution in [3.8, 4) is 11.3 Å². The van der Waals surface area contributed by atoms with Gasteiger partial charge in [0, 0.05) is 17.2 Å². The van der Waals surface area contributed by atoms with Crippen LogP contribution >= 0.6 is 23.4 Å². The van der Waals surface area contributed by atoms with Gasteiger partial charge in [-0.3, -0.25) is 0 Å². The zero-order valence-corrected chi connectivity index (χ0v) is 12.2. The van der Waals surface area contributed by atoms with E-state index in [4.69, 9.17) is 21.1 Å². The standard InChI is InChI=1S/C14H16ClNO2S/c1-10(7-17)8-19-9-14-16-6-13(18-14)11-2-4-12(15)5-3-11/h2-6,10,17H,7-9H2,1H3. The first-order valence-corrected chi connectivity index (χ1v) is 7.61. The Morgan fingerprint density at radius 2 is 2.11 bits per heavy atom. The molecule has 2 rings (SSSR count). The third kappa shape index (κ3) is 4.27. The van der Waals surface area contributed by atoms with Gasteiger partial charge in [0.1, 0.15) is 0 Å². The van der Waals surface area contributed by atoms with Crippen LogP contribution in [0.15, 0.2) is 34.9 Å². The van der Waals surface area contributed by atoms with E-state index in [0.717, 1.165) is 22.8 Å². The Labute approximate surface area is 122 Å². The third-order valence-electron chi connectivity index (χ3n) is 2.62. The molecule has 1 atom stereocenters. The van der Waals surface area contributed by atoms with Crippen LogP contribution in [0.25, 0.3) is 11.3 Å². The molecule has 3 nitrogen and oxygen atoms in total. The molecular formula is C14H16ClNO2S. The van der Waals surface area contributed by atoms with Crippen LogP contribution in [-0.4, -0.2) is 22.5 Å². The fraction of sp³-hybridized carbons (Fsp3) is 0.357. The number of benzene rings is 1. The van der Waals surface area contributed by atoms with Crippen molar-refractivity contribution in [3.05, 3.63) is 41.4 Å². The first-order valence-electron chi connectivity index (χ1n) is 6.08. The summed E-state index contributed by atoms with van der Waals surface area (Å²) >= 11 is 7.56. The summed E-state index contributed by atoms with van der Waals surface area (Å²) in [5.41, 5.74) is 0.969. The average Bonchev–Trinajstić information content (AvgIpc) is 2.88. The third-order valence-corrected chi connectivity index (χ3v) is 4.13. The number of hydrogen-bond donors (Lipinski definition) is 1. The summed E-state index contributed by atoms with van der Waals surface area (Å²) in [4.78, 5) is 4.25. The molecule has 0 radical (unpaired) electrons. The number of halogens is 1. The molecule has 0 fully saturated rings. The Morgan fingerprint density at radius 3 is 2.79 bits per heavy atom. The first kappa shape index (κ1) is 14.4. The van der Waals surface area contributed by atoms with E-state index in [-0.39, 0.29) is 6.61 Å². The highest BCUT2D eigenvalue weighted by molar-refractivity contribution is 7.98. The summed E-state index contributed by atoms with van der Waals surface area (Å²) in [6.07, 6.45) is 1.73. The molecule has 0 aliphatic heterocycles. The Bertz CT molecular complexity index is 512. The van der Waals surface area contributed by atoms with E-state index >= 15 is 0 Å². The maximum absolute atomic E-state index is 8.94. The molecule has 1 heterocycles. The van der Waals surface area contributed by atoms with Gasteiger partial charge in [0.15, 0.2) is 5.76 Å². The van der Waals surface area contributed by atoms with E-state index in [9.17, 15) is 0 Å². The molecule has 0 aliphatic carbocycles. The van der Waals surface area contributed by atoms with Crippen LogP contribution in [0.4, 0.5) is 0 Å². The SMILES string of the molecule is CC(CO)CSCc1ncc(-c2ccc(Cl)cc2)o1. The fourth-order valence-corrected chi connectivity index (χ4v) is 2.58. The normalized spacial score (nSPS) is 12.6. The monoisotopic (exact) mass is 297 g/mol. The molecule has 0 aliphatic rings. The van der Waals surface area contributed by atoms with Gasteiger partial charge in [-0.25, -0.2) is 4.98 Å². The fourth-order valence-electron chi connectivity index (χ4n) is 1.52. The second-order valence-corrected chi connectivity index (χ2v) is 5.89. The van der Waals surface area contributed by atoms with Gasteiger partial charge < -0.3 is 9.52 Å². The van der Waals surface area contributed by atoms with E-state index in [1.807, 2.05) is 31.2 Å². The smallest absolute Gasteiger partial charge is 0.204 e. The van der Waals surface area contributed by atoms with Gasteiger partial charge >= 0.3 is 0 Å². The molecule has 1 N–H and O–H groups in total. The predicted molar refractivity (Wildman–Crippen MR) is 79.4 cm³/mol. The van der Waals surface area contributed by atoms with E-state index in [1.54, 1.807) is 18.0 Å². The van der Waals surface area contributed by atoms with Crippen LogP contribution in [0.2, 0.25) is 5.02 Å². The quantitative estimate of drug-likeness (QED) is 0.879. The van der Waals surface area contributed by atoms with Gasteiger partial charge in [0.2, 0.25) is 5.89 Å². The number of aromatic nitrogens is 1. The highest BCUT2D eigenvalue weighted by Gasteiger charge is 2.07. The lowest BCUT2D eigenvalue weighted by Crippen LogP contribution is -2.03. The van der Waals surface area contributed by atoms with E-state index in [2.05, 4.69) is 4.98 Å². The number of thioether (sulfide) groups is 1. The lowest BCUT2D eigenvalue weighted by atomic mass is 10.2. The minimum absolute atomic E-state index is 0.217. The molecule has 0 amide bonds. The van der Waals surface area contributed by atoms with Crippen molar-refractivity contribution in [2.24, 2.45) is 5.92 Å². The predicted octanol–water partition coefficient (Wildman–Crippen LogP) is 3.86. The molecule has 0 saturated carbocycles. The second kappa shape index (κ2) is 6.98. The number of aliphatic hydroxyl groups is 1. The van der Waals surface area contributed by atoms with Gasteiger partial charge in [0.05, 0.1) is 11.9 Å². The van der Waals surface area contributed by atoms with Crippen LogP contribution in [0, 0.1) is 5.92 Å². The molecule has 102 valence electrons. The van der Waals surface area contributed by atoms with Crippen molar-refractivity contribution in [1.82, 2.24) is 4.98 Å². The topological polar surface area (TPSA) is 46.3 Å². The molecule has 2 aromatic rings. The zero-order valence-electron chi connectivity index (χ0n) is 10.7. The molecule has 0 bridgehead atoms. The van der Waals surface area contributed by atoms with Gasteiger partial charge in [0.25, 0.3) is 0 Å². The van der Waals surface area contributed by atoms with Crippen LogP contribution in [0.3, 0.4) is 0 Å². The largest absolute Gasteiger partial charge is 0.440 e. The Balaban J connectivity index is 1.93. The summed E-state index contributed by atoms with van der Waals surface area (Å²) < 4.78 is 5.69. The molecule has 0 spiro atoms. The zero-order chi connectivity index (χ0) is 13.7. The van der Waals surface area contributed by atoms with Crippen LogP contribution in [0.1, 0.15) is 12.8 Å². The summed E-state index contributed by atoms with van der Waals surface area (Å²) in [6, 6.07) is 7.48. The Morgan fingerprint density at radius 1 is 1.37 bits per heavy atom. The average molecular weight is 298 g/mol. The van der Waals surface area contributed by atoms with Crippen molar-refractivity contribution in [1.29, 1.82) is 0 Å². The van der Waals surface area contributed by atoms with Crippen molar-refractivity contribution < 1.29 is 9.52 Å². The van der Waals surface area contributed by atoms with E-state index in [0.29, 0.717) is 16.8 Å². The second-order valence-electron chi connectivity index (χ2n) is 4.43. The van der Waals surface area contributed by atoms with Gasteiger partial charge in [-0.05, 0) is 35.9 Å². The van der Waals surface area contributed by atoms with E-state index < -0.39 is 0 Å². The number of aliphatic hydroxyl groups excluding tert-OH is 1. The Hall–Kier alpha value is -0.970. The van der Waals surface area contributed by atoms with Crippen LogP contribution in [-0.2, 0) is 5.75 Å². The summed E-state index contributed by atoms with van der Waals surface area (Å²) in [6.45, 7) is 2.23. The number of oxazole rings is 1. The minimum Gasteiger partial charge on any atom is -0.440 e. The molecule has 0 saturated heterocycles. The molecule has 5 heteroatoms. The Kier molecular flexibility index (Phi) is 5.31. The maximum Gasteiger partial charge on any atom is 0.204 e. The van der Waals surface area contributed by atoms with E-state index in [1.165, 1.54) is 0 Å². The minimum atomic E-state index is 0.217.